The first-order valence-corrected chi connectivity index (χ1v) is 16.8. The number of rotatable bonds is 10. The highest BCUT2D eigenvalue weighted by molar-refractivity contribution is 5.95. The maximum absolute atomic E-state index is 12.5. The molecule has 264 valence electrons. The number of allylic oxidation sites excluding steroid dienone is 13. The molecule has 7 heteroatoms. The lowest BCUT2D eigenvalue weighted by Crippen LogP contribution is -2.37. The minimum atomic E-state index is -0.126. The van der Waals surface area contributed by atoms with Crippen molar-refractivity contribution in [3.8, 4) is 0 Å². The molecule has 0 saturated carbocycles. The molecule has 0 unspecified atom stereocenters. The summed E-state index contributed by atoms with van der Waals surface area (Å²) in [6.45, 7) is 25.6. The Hall–Kier alpha value is -4.49. The quantitative estimate of drug-likeness (QED) is 0.245. The molecule has 0 atom stereocenters. The minimum Gasteiger partial charge on any atom is -0.383 e. The van der Waals surface area contributed by atoms with Crippen molar-refractivity contribution < 1.29 is 12.4 Å². The van der Waals surface area contributed by atoms with E-state index in [1.807, 2.05) is 51.9 Å². The van der Waals surface area contributed by atoms with Crippen molar-refractivity contribution in [2.75, 3.05) is 44.4 Å². The number of pyridine rings is 1. The SMILES string of the molecule is C=C/C(=C\N(C)C)C1=CC(=C(C)C)C=CC=C1.C=C/C=C\C1=C(C)CN(CC(=O)Nc2cnc(C)c(NC(=O)C(C)C)c2)CC1.CCC.[HH].[HH]. The van der Waals surface area contributed by atoms with Gasteiger partial charge < -0.3 is 15.5 Å². The standard InChI is InChI=1S/C22H30N4O2.C16H21N.C3H8.2H2/c1-6-7-8-18-9-10-26(13-16(18)4)14-21(27)24-19-11-20(17(5)23-12-19)25-22(28)15(2)3;1-6-14(12-17(4)5)16-10-8-7-9-15(11-16)13(2)3;1-3-2;;/h6-8,11-12,15H,1,9-10,13-14H2,2-5H3,(H,24,27)(H,25,28);6-12H,1H2,2-5H3;3H2,1-2H3;2*1H/b8-7-;14-12+;;;. The summed E-state index contributed by atoms with van der Waals surface area (Å²) in [5, 5.41) is 5.73. The number of amides is 2. The van der Waals surface area contributed by atoms with Crippen molar-refractivity contribution in [1.29, 1.82) is 0 Å². The summed E-state index contributed by atoms with van der Waals surface area (Å²) in [5.74, 6) is -0.297. The monoisotopic (exact) mass is 657 g/mol. The fourth-order valence-electron chi connectivity index (χ4n) is 4.56. The predicted molar refractivity (Wildman–Crippen MR) is 211 cm³/mol. The molecule has 0 spiro atoms. The van der Waals surface area contributed by atoms with E-state index in [1.54, 1.807) is 18.3 Å². The molecule has 1 aliphatic carbocycles. The number of aromatic nitrogens is 1. The first-order chi connectivity index (χ1) is 22.8. The van der Waals surface area contributed by atoms with Gasteiger partial charge in [0.15, 0.2) is 0 Å². The van der Waals surface area contributed by atoms with E-state index in [9.17, 15) is 9.59 Å². The van der Waals surface area contributed by atoms with Crippen molar-refractivity contribution in [2.45, 2.75) is 68.2 Å². The lowest BCUT2D eigenvalue weighted by atomic mass is 10.0. The molecular weight excluding hydrogens is 594 g/mol. The van der Waals surface area contributed by atoms with Crippen LogP contribution in [-0.2, 0) is 9.59 Å². The first kappa shape index (κ1) is 41.5. The number of anilines is 2. The van der Waals surface area contributed by atoms with Crippen molar-refractivity contribution >= 4 is 23.2 Å². The molecule has 0 aromatic carbocycles. The zero-order chi connectivity index (χ0) is 36.2. The van der Waals surface area contributed by atoms with Crippen LogP contribution in [0.15, 0.2) is 120 Å². The second-order valence-corrected chi connectivity index (χ2v) is 12.6. The smallest absolute Gasteiger partial charge is 0.238 e. The Labute approximate surface area is 293 Å². The zero-order valence-electron chi connectivity index (χ0n) is 31.1. The summed E-state index contributed by atoms with van der Waals surface area (Å²) in [5.41, 5.74) is 9.39. The molecule has 1 aliphatic heterocycles. The summed E-state index contributed by atoms with van der Waals surface area (Å²) >= 11 is 0. The molecule has 0 saturated heterocycles. The van der Waals surface area contributed by atoms with Gasteiger partial charge in [0.1, 0.15) is 0 Å². The molecule has 2 aliphatic rings. The molecule has 0 radical (unpaired) electrons. The van der Waals surface area contributed by atoms with Crippen molar-refractivity contribution in [1.82, 2.24) is 14.8 Å². The van der Waals surface area contributed by atoms with Gasteiger partial charge in [-0.1, -0.05) is 107 Å². The molecule has 2 N–H and O–H groups in total. The fourth-order valence-corrected chi connectivity index (χ4v) is 4.56. The summed E-state index contributed by atoms with van der Waals surface area (Å²) in [6, 6.07) is 1.75. The van der Waals surface area contributed by atoms with E-state index < -0.39 is 0 Å². The Morgan fingerprint density at radius 1 is 1.10 bits per heavy atom. The van der Waals surface area contributed by atoms with Gasteiger partial charge in [0.2, 0.25) is 11.8 Å². The third-order valence-corrected chi connectivity index (χ3v) is 7.16. The second kappa shape index (κ2) is 22.1. The predicted octanol–water partition coefficient (Wildman–Crippen LogP) is 9.60. The number of nitrogens with zero attached hydrogens (tertiary/aromatic N) is 3. The van der Waals surface area contributed by atoms with E-state index in [0.29, 0.717) is 23.6 Å². The van der Waals surface area contributed by atoms with Gasteiger partial charge in [0.05, 0.1) is 29.8 Å². The Morgan fingerprint density at radius 2 is 1.77 bits per heavy atom. The Morgan fingerprint density at radius 3 is 2.33 bits per heavy atom. The van der Waals surface area contributed by atoms with Crippen LogP contribution in [0.25, 0.3) is 0 Å². The van der Waals surface area contributed by atoms with Crippen LogP contribution in [0.4, 0.5) is 11.4 Å². The lowest BCUT2D eigenvalue weighted by Gasteiger charge is -2.28. The van der Waals surface area contributed by atoms with Crippen LogP contribution in [0.2, 0.25) is 0 Å². The highest BCUT2D eigenvalue weighted by Crippen LogP contribution is 2.22. The molecule has 3 rings (SSSR count). The normalized spacial score (nSPS) is 14.7. The maximum Gasteiger partial charge on any atom is 0.238 e. The van der Waals surface area contributed by atoms with E-state index in [0.717, 1.165) is 25.1 Å². The van der Waals surface area contributed by atoms with Gasteiger partial charge in [0.25, 0.3) is 0 Å². The van der Waals surface area contributed by atoms with E-state index in [1.165, 1.54) is 34.3 Å². The van der Waals surface area contributed by atoms with Gasteiger partial charge in [-0.05, 0) is 68.6 Å². The van der Waals surface area contributed by atoms with Crippen molar-refractivity contribution in [3.05, 3.63) is 125 Å². The first-order valence-electron chi connectivity index (χ1n) is 16.8. The minimum absolute atomic E-state index is 0. The average molecular weight is 658 g/mol. The number of carbonyl (C=O) groups excluding carboxylic acids is 2. The highest BCUT2D eigenvalue weighted by atomic mass is 16.2. The molecule has 0 bridgehead atoms. The molecule has 2 amide bonds. The van der Waals surface area contributed by atoms with Crippen LogP contribution in [-0.4, -0.2) is 60.3 Å². The van der Waals surface area contributed by atoms with Gasteiger partial charge in [-0.15, -0.1) is 0 Å². The van der Waals surface area contributed by atoms with Crippen molar-refractivity contribution in [3.63, 3.8) is 0 Å². The topological polar surface area (TPSA) is 77.6 Å². The summed E-state index contributed by atoms with van der Waals surface area (Å²) < 4.78 is 0. The number of hydrogen-bond donors (Lipinski definition) is 2. The number of nitrogens with one attached hydrogen (secondary N) is 2. The number of carbonyl (C=O) groups is 2. The Kier molecular flexibility index (Phi) is 19.2. The highest BCUT2D eigenvalue weighted by Gasteiger charge is 2.18. The largest absolute Gasteiger partial charge is 0.383 e. The summed E-state index contributed by atoms with van der Waals surface area (Å²) in [6.07, 6.45) is 24.1. The molecule has 1 aromatic rings. The van der Waals surface area contributed by atoms with Crippen LogP contribution in [0.5, 0.6) is 0 Å². The third kappa shape index (κ3) is 15.4. The van der Waals surface area contributed by atoms with Crippen LogP contribution < -0.4 is 10.6 Å². The average Bonchev–Trinajstić information content (AvgIpc) is 3.28. The molecule has 48 heavy (non-hydrogen) atoms. The van der Waals surface area contributed by atoms with Crippen LogP contribution in [0, 0.1) is 12.8 Å². The molecule has 1 aromatic heterocycles. The summed E-state index contributed by atoms with van der Waals surface area (Å²) in [4.78, 5) is 32.8. The van der Waals surface area contributed by atoms with E-state index in [2.05, 4.69) is 111 Å². The van der Waals surface area contributed by atoms with Crippen molar-refractivity contribution in [2.24, 2.45) is 5.92 Å². The van der Waals surface area contributed by atoms with Gasteiger partial charge in [-0.2, -0.15) is 0 Å². The van der Waals surface area contributed by atoms with Crippen LogP contribution in [0.3, 0.4) is 0 Å². The molecule has 0 fully saturated rings. The third-order valence-electron chi connectivity index (χ3n) is 7.16. The van der Waals surface area contributed by atoms with Crippen LogP contribution in [0.1, 0.15) is 69.9 Å². The molecule has 2 heterocycles. The molecule has 7 nitrogen and oxygen atoms in total. The zero-order valence-corrected chi connectivity index (χ0v) is 31.1. The van der Waals surface area contributed by atoms with Gasteiger partial charge in [-0.3, -0.25) is 19.5 Å². The lowest BCUT2D eigenvalue weighted by molar-refractivity contribution is -0.119. The number of hydrogen-bond acceptors (Lipinski definition) is 5. The van der Waals surface area contributed by atoms with Gasteiger partial charge >= 0.3 is 0 Å². The molecular formula is C41H63N5O2. The summed E-state index contributed by atoms with van der Waals surface area (Å²) in [7, 11) is 4.04. The Bertz CT molecular complexity index is 1490. The van der Waals surface area contributed by atoms with E-state index in [-0.39, 0.29) is 20.6 Å². The maximum atomic E-state index is 12.5. The van der Waals surface area contributed by atoms with Gasteiger partial charge in [0, 0.05) is 42.2 Å². The van der Waals surface area contributed by atoms with E-state index in [4.69, 9.17) is 0 Å². The van der Waals surface area contributed by atoms with E-state index >= 15 is 0 Å². The van der Waals surface area contributed by atoms with Gasteiger partial charge in [-0.25, -0.2) is 0 Å². The van der Waals surface area contributed by atoms with Crippen LogP contribution >= 0.6 is 0 Å². The Balaban J connectivity index is 0. The fraction of sp³-hybridized carbons (Fsp3) is 0.390. The second-order valence-electron chi connectivity index (χ2n) is 12.6. The number of aryl methyl sites for hydroxylation is 1.